The second-order valence-corrected chi connectivity index (χ2v) is 6.38. The molecule has 2 heterocycles. The lowest BCUT2D eigenvalue weighted by Crippen LogP contribution is -2.25. The average molecular weight is 375 g/mol. The molecule has 0 aliphatic carbocycles. The number of tetrazole rings is 1. The standard InChI is InChI=1S/C20H17N5O3/c1-12-18(16-5-3-4-6-17(16)22-12)19(26)13(2)28-20(27)14-7-9-15(10-8-14)25-11-21-23-24-25/h3-11,13,22H,1-2H3/t13-/m0/s1. The smallest absolute Gasteiger partial charge is 0.338 e. The quantitative estimate of drug-likeness (QED) is 0.425. The van der Waals surface area contributed by atoms with Crippen LogP contribution in [0.2, 0.25) is 0 Å². The van der Waals surface area contributed by atoms with Crippen molar-refractivity contribution >= 4 is 22.7 Å². The van der Waals surface area contributed by atoms with Crippen molar-refractivity contribution in [3.63, 3.8) is 0 Å². The number of hydrogen-bond acceptors (Lipinski definition) is 6. The maximum absolute atomic E-state index is 12.9. The lowest BCUT2D eigenvalue weighted by molar-refractivity contribution is 0.0319. The Hall–Kier alpha value is -3.81. The normalized spacial score (nSPS) is 12.1. The Labute approximate surface area is 160 Å². The van der Waals surface area contributed by atoms with Crippen molar-refractivity contribution in [3.05, 3.63) is 71.7 Å². The highest BCUT2D eigenvalue weighted by atomic mass is 16.5. The third-order valence-corrected chi connectivity index (χ3v) is 4.51. The summed E-state index contributed by atoms with van der Waals surface area (Å²) in [4.78, 5) is 28.5. The van der Waals surface area contributed by atoms with E-state index in [2.05, 4.69) is 20.5 Å². The van der Waals surface area contributed by atoms with E-state index in [0.29, 0.717) is 16.8 Å². The van der Waals surface area contributed by atoms with Gasteiger partial charge in [-0.1, -0.05) is 18.2 Å². The van der Waals surface area contributed by atoms with Crippen LogP contribution in [0.1, 0.15) is 33.3 Å². The highest BCUT2D eigenvalue weighted by Crippen LogP contribution is 2.24. The number of nitrogens with one attached hydrogen (secondary N) is 1. The number of rotatable bonds is 5. The maximum Gasteiger partial charge on any atom is 0.338 e. The highest BCUT2D eigenvalue weighted by molar-refractivity contribution is 6.11. The first-order valence-corrected chi connectivity index (χ1v) is 8.70. The molecule has 0 unspecified atom stereocenters. The fourth-order valence-corrected chi connectivity index (χ4v) is 3.11. The number of fused-ring (bicyclic) bond motifs is 1. The number of ketones is 1. The molecule has 0 amide bonds. The van der Waals surface area contributed by atoms with Crippen LogP contribution >= 0.6 is 0 Å². The SMILES string of the molecule is Cc1[nH]c2ccccc2c1C(=O)[C@H](C)OC(=O)c1ccc(-n2cnnn2)cc1. The van der Waals surface area contributed by atoms with E-state index < -0.39 is 12.1 Å². The first-order valence-electron chi connectivity index (χ1n) is 8.70. The first-order chi connectivity index (χ1) is 13.5. The van der Waals surface area contributed by atoms with E-state index in [9.17, 15) is 9.59 Å². The molecular weight excluding hydrogens is 358 g/mol. The van der Waals surface area contributed by atoms with Crippen LogP contribution in [0.4, 0.5) is 0 Å². The largest absolute Gasteiger partial charge is 0.451 e. The van der Waals surface area contributed by atoms with E-state index >= 15 is 0 Å². The molecule has 0 aliphatic heterocycles. The number of aromatic amines is 1. The third kappa shape index (κ3) is 3.16. The number of aromatic nitrogens is 5. The van der Waals surface area contributed by atoms with Gasteiger partial charge in [0.2, 0.25) is 5.78 Å². The number of H-pyrrole nitrogens is 1. The van der Waals surface area contributed by atoms with Crippen LogP contribution in [-0.2, 0) is 4.74 Å². The van der Waals surface area contributed by atoms with Crippen LogP contribution in [0.3, 0.4) is 0 Å². The zero-order valence-electron chi connectivity index (χ0n) is 15.3. The lowest BCUT2D eigenvalue weighted by Gasteiger charge is -2.13. The predicted octanol–water partition coefficient (Wildman–Crippen LogP) is 2.88. The Morgan fingerprint density at radius 3 is 2.57 bits per heavy atom. The van der Waals surface area contributed by atoms with Crippen molar-refractivity contribution in [2.45, 2.75) is 20.0 Å². The zero-order valence-corrected chi connectivity index (χ0v) is 15.3. The summed E-state index contributed by atoms with van der Waals surface area (Å²) in [6.07, 6.45) is 0.544. The molecule has 2 aromatic heterocycles. The van der Waals surface area contributed by atoms with Crippen molar-refractivity contribution in [2.24, 2.45) is 0 Å². The Morgan fingerprint density at radius 1 is 1.11 bits per heavy atom. The summed E-state index contributed by atoms with van der Waals surface area (Å²) in [6.45, 7) is 3.41. The van der Waals surface area contributed by atoms with Gasteiger partial charge in [0.15, 0.2) is 6.10 Å². The third-order valence-electron chi connectivity index (χ3n) is 4.51. The minimum Gasteiger partial charge on any atom is -0.451 e. The molecule has 140 valence electrons. The number of carbonyl (C=O) groups excluding carboxylic acids is 2. The molecule has 28 heavy (non-hydrogen) atoms. The molecule has 0 bridgehead atoms. The van der Waals surface area contributed by atoms with E-state index in [1.807, 2.05) is 31.2 Å². The van der Waals surface area contributed by atoms with Gasteiger partial charge in [0.25, 0.3) is 0 Å². The number of esters is 1. The molecule has 0 aliphatic rings. The summed E-state index contributed by atoms with van der Waals surface area (Å²) in [6, 6.07) is 14.2. The van der Waals surface area contributed by atoms with Crippen LogP contribution in [0, 0.1) is 6.92 Å². The molecule has 1 atom stereocenters. The van der Waals surface area contributed by atoms with Crippen molar-refractivity contribution < 1.29 is 14.3 Å². The van der Waals surface area contributed by atoms with Gasteiger partial charge >= 0.3 is 5.97 Å². The summed E-state index contributed by atoms with van der Waals surface area (Å²) in [5, 5.41) is 11.7. The van der Waals surface area contributed by atoms with Crippen LogP contribution in [0.15, 0.2) is 54.9 Å². The van der Waals surface area contributed by atoms with E-state index in [0.717, 1.165) is 16.6 Å². The molecule has 8 heteroatoms. The second kappa shape index (κ2) is 7.07. The van der Waals surface area contributed by atoms with Gasteiger partial charge in [-0.3, -0.25) is 4.79 Å². The molecule has 2 aromatic carbocycles. The molecule has 1 N–H and O–H groups in total. The van der Waals surface area contributed by atoms with Crippen LogP contribution in [-0.4, -0.2) is 43.0 Å². The predicted molar refractivity (Wildman–Crippen MR) is 101 cm³/mol. The molecule has 0 radical (unpaired) electrons. The van der Waals surface area contributed by atoms with Gasteiger partial charge in [0.05, 0.1) is 11.3 Å². The fourth-order valence-electron chi connectivity index (χ4n) is 3.11. The summed E-state index contributed by atoms with van der Waals surface area (Å²) >= 11 is 0. The molecule has 0 saturated carbocycles. The lowest BCUT2D eigenvalue weighted by atomic mass is 10.0. The van der Waals surface area contributed by atoms with Gasteiger partial charge in [0, 0.05) is 22.2 Å². The minimum atomic E-state index is -0.912. The number of Topliss-reactive ketones (excluding diaryl/α,β-unsaturated/α-hetero) is 1. The number of para-hydroxylation sites is 1. The van der Waals surface area contributed by atoms with Gasteiger partial charge in [-0.2, -0.15) is 0 Å². The molecule has 4 rings (SSSR count). The van der Waals surface area contributed by atoms with Gasteiger partial charge in [-0.15, -0.1) is 5.10 Å². The van der Waals surface area contributed by atoms with Crippen LogP contribution in [0.25, 0.3) is 16.6 Å². The van der Waals surface area contributed by atoms with E-state index in [1.165, 1.54) is 11.0 Å². The van der Waals surface area contributed by atoms with Crippen molar-refractivity contribution in [1.29, 1.82) is 0 Å². The van der Waals surface area contributed by atoms with E-state index in [1.54, 1.807) is 31.2 Å². The van der Waals surface area contributed by atoms with Gasteiger partial charge in [-0.25, -0.2) is 9.48 Å². The van der Waals surface area contributed by atoms with Crippen molar-refractivity contribution in [2.75, 3.05) is 0 Å². The molecule has 0 spiro atoms. The summed E-state index contributed by atoms with van der Waals surface area (Å²) in [7, 11) is 0. The number of carbonyl (C=O) groups is 2. The molecule has 0 saturated heterocycles. The summed E-state index contributed by atoms with van der Waals surface area (Å²) < 4.78 is 6.88. The molecule has 4 aromatic rings. The number of nitrogens with zero attached hydrogens (tertiary/aromatic N) is 4. The van der Waals surface area contributed by atoms with Crippen molar-refractivity contribution in [3.8, 4) is 5.69 Å². The van der Waals surface area contributed by atoms with Gasteiger partial charge in [0.1, 0.15) is 6.33 Å². The Kier molecular flexibility index (Phi) is 4.44. The Bertz CT molecular complexity index is 1150. The number of ether oxygens (including phenoxy) is 1. The first kappa shape index (κ1) is 17.6. The zero-order chi connectivity index (χ0) is 19.7. The maximum atomic E-state index is 12.9. The Morgan fingerprint density at radius 2 is 1.86 bits per heavy atom. The van der Waals surface area contributed by atoms with Crippen LogP contribution in [0.5, 0.6) is 0 Å². The molecular formula is C20H17N5O3. The van der Waals surface area contributed by atoms with Crippen molar-refractivity contribution in [1.82, 2.24) is 25.2 Å². The number of benzene rings is 2. The van der Waals surface area contributed by atoms with E-state index in [-0.39, 0.29) is 5.78 Å². The Balaban J connectivity index is 1.51. The molecule has 0 fully saturated rings. The summed E-state index contributed by atoms with van der Waals surface area (Å²) in [5.41, 5.74) is 3.22. The number of hydrogen-bond donors (Lipinski definition) is 1. The average Bonchev–Trinajstić information content (AvgIpc) is 3.34. The number of aryl methyl sites for hydroxylation is 1. The highest BCUT2D eigenvalue weighted by Gasteiger charge is 2.24. The fraction of sp³-hybridized carbons (Fsp3) is 0.150. The monoisotopic (exact) mass is 375 g/mol. The summed E-state index contributed by atoms with van der Waals surface area (Å²) in [5.74, 6) is -0.810. The van der Waals surface area contributed by atoms with E-state index in [4.69, 9.17) is 4.74 Å². The second-order valence-electron chi connectivity index (χ2n) is 6.38. The van der Waals surface area contributed by atoms with Crippen LogP contribution < -0.4 is 0 Å². The topological polar surface area (TPSA) is 103 Å². The van der Waals surface area contributed by atoms with Gasteiger partial charge < -0.3 is 9.72 Å². The molecule has 8 nitrogen and oxygen atoms in total. The minimum absolute atomic E-state index is 0.242. The van der Waals surface area contributed by atoms with Gasteiger partial charge in [-0.05, 0) is 54.6 Å².